The van der Waals surface area contributed by atoms with Crippen molar-refractivity contribution in [1.82, 2.24) is 0 Å². The number of allylic oxidation sites excluding steroid dienone is 4. The molecule has 0 bridgehead atoms. The van der Waals surface area contributed by atoms with E-state index < -0.39 is 17.6 Å². The quantitative estimate of drug-likeness (QED) is 0.482. The van der Waals surface area contributed by atoms with Crippen LogP contribution in [0.25, 0.3) is 0 Å². The third kappa shape index (κ3) is 3.77. The van der Waals surface area contributed by atoms with Crippen molar-refractivity contribution in [3.05, 3.63) is 36.2 Å². The van der Waals surface area contributed by atoms with Crippen LogP contribution in [0.5, 0.6) is 0 Å². The minimum absolute atomic E-state index is 0.0374. The lowest BCUT2D eigenvalue weighted by Crippen LogP contribution is -2.09. The highest BCUT2D eigenvalue weighted by Gasteiger charge is 2.30. The van der Waals surface area contributed by atoms with Crippen LogP contribution in [0.3, 0.4) is 0 Å². The molecule has 4 heteroatoms. The summed E-state index contributed by atoms with van der Waals surface area (Å²) in [6.07, 6.45) is -4.23. The van der Waals surface area contributed by atoms with Crippen molar-refractivity contribution in [1.29, 1.82) is 0 Å². The Morgan fingerprint density at radius 1 is 1.21 bits per heavy atom. The monoisotopic (exact) mass is 208 g/mol. The minimum atomic E-state index is -4.59. The highest BCUT2D eigenvalue weighted by molar-refractivity contribution is 5.32. The second-order valence-electron chi connectivity index (χ2n) is 3.20. The highest BCUT2D eigenvalue weighted by atomic mass is 19.4. The number of hydrogen-bond acceptors (Lipinski definition) is 0. The zero-order valence-electron chi connectivity index (χ0n) is 8.08. The normalized spacial score (nSPS) is 13.2. The molecule has 0 aliphatic carbocycles. The summed E-state index contributed by atoms with van der Waals surface area (Å²) in [5.41, 5.74) is -1.17. The molecule has 0 rings (SSSR count). The van der Waals surface area contributed by atoms with Crippen LogP contribution in [0.4, 0.5) is 17.6 Å². The second-order valence-corrected chi connectivity index (χ2v) is 3.20. The zero-order chi connectivity index (χ0) is 11.5. The first-order valence-electron chi connectivity index (χ1n) is 3.98. The largest absolute Gasteiger partial charge is 0.415 e. The van der Waals surface area contributed by atoms with Crippen molar-refractivity contribution >= 4 is 0 Å². The van der Waals surface area contributed by atoms with Gasteiger partial charge in [0.15, 0.2) is 0 Å². The number of hydrogen-bond donors (Lipinski definition) is 0. The van der Waals surface area contributed by atoms with Gasteiger partial charge in [0.1, 0.15) is 5.83 Å². The molecule has 0 radical (unpaired) electrons. The first kappa shape index (κ1) is 12.9. The summed E-state index contributed by atoms with van der Waals surface area (Å²) >= 11 is 0. The van der Waals surface area contributed by atoms with E-state index in [4.69, 9.17) is 0 Å². The molecule has 80 valence electrons. The Balaban J connectivity index is 4.70. The van der Waals surface area contributed by atoms with Gasteiger partial charge in [-0.25, -0.2) is 4.39 Å². The third-order valence-corrected chi connectivity index (χ3v) is 1.67. The Kier molecular flexibility index (Phi) is 4.10. The van der Waals surface area contributed by atoms with E-state index in [-0.39, 0.29) is 11.5 Å². The van der Waals surface area contributed by atoms with E-state index in [0.717, 1.165) is 0 Å². The molecule has 0 atom stereocenters. The van der Waals surface area contributed by atoms with Gasteiger partial charge in [0.2, 0.25) is 0 Å². The van der Waals surface area contributed by atoms with E-state index in [1.807, 2.05) is 0 Å². The summed E-state index contributed by atoms with van der Waals surface area (Å²) < 4.78 is 48.8. The Labute approximate surface area is 80.6 Å². The maximum absolute atomic E-state index is 13.0. The summed E-state index contributed by atoms with van der Waals surface area (Å²) in [5.74, 6) is -1.20. The van der Waals surface area contributed by atoms with Gasteiger partial charge in [-0.1, -0.05) is 27.0 Å². The van der Waals surface area contributed by atoms with Gasteiger partial charge in [-0.3, -0.25) is 0 Å². The van der Waals surface area contributed by atoms with Crippen molar-refractivity contribution in [3.63, 3.8) is 0 Å². The summed E-state index contributed by atoms with van der Waals surface area (Å²) in [5, 5.41) is 0. The molecule has 0 unspecified atom stereocenters. The highest BCUT2D eigenvalue weighted by Crippen LogP contribution is 2.28. The van der Waals surface area contributed by atoms with Gasteiger partial charge in [0.05, 0.1) is 5.57 Å². The Bertz CT molecular complexity index is 268. The van der Waals surface area contributed by atoms with Gasteiger partial charge in [-0.2, -0.15) is 13.2 Å². The molecule has 0 heterocycles. The van der Waals surface area contributed by atoms with E-state index in [1.54, 1.807) is 13.8 Å². The molecule has 14 heavy (non-hydrogen) atoms. The topological polar surface area (TPSA) is 0 Å². The third-order valence-electron chi connectivity index (χ3n) is 1.67. The first-order chi connectivity index (χ1) is 6.16. The lowest BCUT2D eigenvalue weighted by Gasteiger charge is -2.09. The van der Waals surface area contributed by atoms with Crippen molar-refractivity contribution in [2.24, 2.45) is 5.92 Å². The summed E-state index contributed by atoms with van der Waals surface area (Å²) in [4.78, 5) is 0. The summed E-state index contributed by atoms with van der Waals surface area (Å²) in [7, 11) is 0. The van der Waals surface area contributed by atoms with Gasteiger partial charge >= 0.3 is 6.18 Å². The van der Waals surface area contributed by atoms with Gasteiger partial charge in [0.25, 0.3) is 0 Å². The predicted molar refractivity (Wildman–Crippen MR) is 48.4 cm³/mol. The molecule has 0 aromatic carbocycles. The Hall–Kier alpha value is -1.06. The lowest BCUT2D eigenvalue weighted by atomic mass is 10.0. The molecule has 0 amide bonds. The van der Waals surface area contributed by atoms with Gasteiger partial charge in [0, 0.05) is 0 Å². The molecule has 0 saturated carbocycles. The standard InChI is InChI=1S/C10H12F4/c1-6(2)8(4)9(11)5-7(3)10(12,13)14/h5-6H,3-4H2,1-2H3/b9-5+. The maximum Gasteiger partial charge on any atom is 0.415 e. The smallest absolute Gasteiger partial charge is 0.207 e. The fourth-order valence-corrected chi connectivity index (χ4v) is 0.603. The Morgan fingerprint density at radius 3 is 1.93 bits per heavy atom. The van der Waals surface area contributed by atoms with E-state index in [2.05, 4.69) is 13.2 Å². The van der Waals surface area contributed by atoms with Crippen LogP contribution in [0, 0.1) is 5.92 Å². The number of rotatable bonds is 3. The number of alkyl halides is 3. The van der Waals surface area contributed by atoms with E-state index in [0.29, 0.717) is 6.08 Å². The molecule has 0 fully saturated rings. The van der Waals surface area contributed by atoms with Crippen molar-refractivity contribution in [2.75, 3.05) is 0 Å². The van der Waals surface area contributed by atoms with Crippen LogP contribution in [-0.2, 0) is 0 Å². The summed E-state index contributed by atoms with van der Waals surface area (Å²) in [6.45, 7) is 9.35. The van der Waals surface area contributed by atoms with E-state index in [9.17, 15) is 17.6 Å². The van der Waals surface area contributed by atoms with E-state index in [1.165, 1.54) is 0 Å². The van der Waals surface area contributed by atoms with Crippen LogP contribution in [0.2, 0.25) is 0 Å². The van der Waals surface area contributed by atoms with E-state index >= 15 is 0 Å². The molecule has 0 N–H and O–H groups in total. The van der Waals surface area contributed by atoms with Gasteiger partial charge < -0.3 is 0 Å². The molecule has 0 saturated heterocycles. The van der Waals surface area contributed by atoms with Gasteiger partial charge in [-0.15, -0.1) is 0 Å². The van der Waals surface area contributed by atoms with Crippen molar-refractivity contribution in [3.8, 4) is 0 Å². The molecule has 0 spiro atoms. The van der Waals surface area contributed by atoms with Crippen LogP contribution >= 0.6 is 0 Å². The van der Waals surface area contributed by atoms with Crippen LogP contribution in [0.15, 0.2) is 36.2 Å². The first-order valence-corrected chi connectivity index (χ1v) is 3.98. The maximum atomic E-state index is 13.0. The fraction of sp³-hybridized carbons (Fsp3) is 0.400. The zero-order valence-corrected chi connectivity index (χ0v) is 8.08. The number of halogens is 4. The molecular formula is C10H12F4. The molecular weight excluding hydrogens is 196 g/mol. The predicted octanol–water partition coefficient (Wildman–Crippen LogP) is 4.17. The molecule has 0 aromatic heterocycles. The van der Waals surface area contributed by atoms with Gasteiger partial charge in [-0.05, 0) is 17.6 Å². The average Bonchev–Trinajstić information content (AvgIpc) is 2.00. The summed E-state index contributed by atoms with van der Waals surface area (Å²) in [6, 6.07) is 0. The molecule has 0 aliphatic heterocycles. The average molecular weight is 208 g/mol. The lowest BCUT2D eigenvalue weighted by molar-refractivity contribution is -0.0879. The van der Waals surface area contributed by atoms with Crippen molar-refractivity contribution < 1.29 is 17.6 Å². The minimum Gasteiger partial charge on any atom is -0.207 e. The SMILES string of the molecule is C=C(/C(F)=C\C(=C)C(F)(F)F)C(C)C. The molecule has 0 aromatic rings. The van der Waals surface area contributed by atoms with Crippen LogP contribution < -0.4 is 0 Å². The van der Waals surface area contributed by atoms with Crippen LogP contribution in [-0.4, -0.2) is 6.18 Å². The Morgan fingerprint density at radius 2 is 1.64 bits per heavy atom. The van der Waals surface area contributed by atoms with Crippen molar-refractivity contribution in [2.45, 2.75) is 20.0 Å². The van der Waals surface area contributed by atoms with Crippen LogP contribution in [0.1, 0.15) is 13.8 Å². The second kappa shape index (κ2) is 4.44. The fourth-order valence-electron chi connectivity index (χ4n) is 0.603. The molecule has 0 aliphatic rings. The molecule has 0 nitrogen and oxygen atoms in total.